The summed E-state index contributed by atoms with van der Waals surface area (Å²) in [5.74, 6) is 0. The van der Waals surface area contributed by atoms with Gasteiger partial charge in [0, 0.05) is 48.7 Å². The highest BCUT2D eigenvalue weighted by Gasteiger charge is 2.16. The summed E-state index contributed by atoms with van der Waals surface area (Å²) >= 11 is 0. The summed E-state index contributed by atoms with van der Waals surface area (Å²) in [5, 5.41) is 0. The van der Waals surface area contributed by atoms with Crippen LogP contribution in [-0.2, 0) is 0 Å². The molecule has 154 valence electrons. The van der Waals surface area contributed by atoms with Crippen molar-refractivity contribution < 1.29 is 4.42 Å². The minimum absolute atomic E-state index is 1.02. The van der Waals surface area contributed by atoms with Gasteiger partial charge in [-0.3, -0.25) is 0 Å². The number of rotatable bonds is 8. The summed E-state index contributed by atoms with van der Waals surface area (Å²) in [4.78, 5) is 4.76. The second kappa shape index (κ2) is 9.21. The molecule has 0 aliphatic rings. The van der Waals surface area contributed by atoms with Crippen LogP contribution in [0.5, 0.6) is 0 Å². The Morgan fingerprint density at radius 3 is 1.28 bits per heavy atom. The molecule has 0 radical (unpaired) electrons. The molecule has 1 heterocycles. The Bertz CT molecular complexity index is 873. The fraction of sp³-hybridized carbons (Fsp3) is 0.385. The van der Waals surface area contributed by atoms with Crippen LogP contribution in [0.4, 0.5) is 11.4 Å². The predicted octanol–water partition coefficient (Wildman–Crippen LogP) is 6.92. The molecule has 3 nitrogen and oxygen atoms in total. The maximum absolute atomic E-state index is 5.68. The number of hydrogen-bond acceptors (Lipinski definition) is 3. The smallest absolute Gasteiger partial charge is 0.0987 e. The first-order valence-electron chi connectivity index (χ1n) is 10.8. The lowest BCUT2D eigenvalue weighted by Gasteiger charge is -2.23. The molecule has 0 N–H and O–H groups in total. The van der Waals surface area contributed by atoms with Gasteiger partial charge in [-0.2, -0.15) is 0 Å². The van der Waals surface area contributed by atoms with Gasteiger partial charge in [0.05, 0.1) is 12.5 Å². The molecule has 0 fully saturated rings. The van der Waals surface area contributed by atoms with Crippen molar-refractivity contribution in [2.24, 2.45) is 0 Å². The quantitative estimate of drug-likeness (QED) is 0.416. The third-order valence-electron chi connectivity index (χ3n) is 5.92. The van der Waals surface area contributed by atoms with Gasteiger partial charge in [0.2, 0.25) is 0 Å². The van der Waals surface area contributed by atoms with Crippen molar-refractivity contribution in [3.05, 3.63) is 60.1 Å². The molecule has 2 aromatic carbocycles. The Labute approximate surface area is 176 Å². The summed E-state index contributed by atoms with van der Waals surface area (Å²) in [6, 6.07) is 13.5. The van der Waals surface area contributed by atoms with Crippen LogP contribution in [0.15, 0.2) is 53.3 Å². The second-order valence-corrected chi connectivity index (χ2v) is 7.54. The Balaban J connectivity index is 2.00. The summed E-state index contributed by atoms with van der Waals surface area (Å²) < 4.78 is 5.68. The number of hydrogen-bond donors (Lipinski definition) is 0. The Hall–Kier alpha value is -2.68. The van der Waals surface area contributed by atoms with Crippen LogP contribution >= 0.6 is 0 Å². The molecule has 3 aromatic rings. The summed E-state index contributed by atoms with van der Waals surface area (Å²) in [6.45, 7) is 17.3. The van der Waals surface area contributed by atoms with Crippen LogP contribution in [0.1, 0.15) is 38.8 Å². The lowest BCUT2D eigenvalue weighted by Crippen LogP contribution is -2.21. The van der Waals surface area contributed by atoms with E-state index < -0.39 is 0 Å². The Morgan fingerprint density at radius 1 is 0.586 bits per heavy atom. The van der Waals surface area contributed by atoms with E-state index in [-0.39, 0.29) is 0 Å². The van der Waals surface area contributed by atoms with Crippen LogP contribution in [0.3, 0.4) is 0 Å². The largest absolute Gasteiger partial charge is 0.471 e. The zero-order valence-electron chi connectivity index (χ0n) is 18.7. The van der Waals surface area contributed by atoms with Crippen molar-refractivity contribution in [3.8, 4) is 22.3 Å². The fourth-order valence-corrected chi connectivity index (χ4v) is 4.19. The number of nitrogens with zero attached hydrogens (tertiary/aromatic N) is 2. The van der Waals surface area contributed by atoms with E-state index in [1.54, 1.807) is 0 Å². The van der Waals surface area contributed by atoms with Crippen LogP contribution in [0, 0.1) is 13.8 Å². The third-order valence-corrected chi connectivity index (χ3v) is 5.92. The van der Waals surface area contributed by atoms with E-state index in [4.69, 9.17) is 4.42 Å². The molecule has 0 saturated carbocycles. The lowest BCUT2D eigenvalue weighted by molar-refractivity contribution is 0.569. The van der Waals surface area contributed by atoms with Crippen LogP contribution in [0.2, 0.25) is 0 Å². The van der Waals surface area contributed by atoms with Crippen molar-refractivity contribution in [1.29, 1.82) is 0 Å². The molecule has 0 aliphatic heterocycles. The molecule has 3 rings (SSSR count). The maximum Gasteiger partial charge on any atom is 0.0987 e. The molecular weight excluding hydrogens is 356 g/mol. The molecule has 3 heteroatoms. The minimum atomic E-state index is 1.02. The standard InChI is InChI=1S/C26H34N2O/c1-7-27(8-2)21-11-13-23(19(5)15-21)25-17-29-18-26(25)24-14-12-22(16-20(24)6)28(9-3)10-4/h11-18H,7-10H2,1-6H3. The molecule has 0 aliphatic carbocycles. The van der Waals surface area contributed by atoms with Crippen molar-refractivity contribution in [3.63, 3.8) is 0 Å². The van der Waals surface area contributed by atoms with Crippen LogP contribution in [-0.4, -0.2) is 26.2 Å². The summed E-state index contributed by atoms with van der Waals surface area (Å²) in [6.07, 6.45) is 3.76. The number of aryl methyl sites for hydroxylation is 2. The first kappa shape index (κ1) is 21.0. The monoisotopic (exact) mass is 390 g/mol. The van der Waals surface area contributed by atoms with E-state index in [9.17, 15) is 0 Å². The minimum Gasteiger partial charge on any atom is -0.471 e. The van der Waals surface area contributed by atoms with E-state index in [1.165, 1.54) is 33.6 Å². The highest BCUT2D eigenvalue weighted by molar-refractivity contribution is 5.86. The first-order chi connectivity index (χ1) is 14.0. The highest BCUT2D eigenvalue weighted by atomic mass is 16.3. The van der Waals surface area contributed by atoms with Crippen molar-refractivity contribution in [2.45, 2.75) is 41.5 Å². The average molecular weight is 391 g/mol. The Morgan fingerprint density at radius 2 is 0.966 bits per heavy atom. The van der Waals surface area contributed by atoms with Gasteiger partial charge in [-0.25, -0.2) is 0 Å². The summed E-state index contributed by atoms with van der Waals surface area (Å²) in [7, 11) is 0. The summed E-state index contributed by atoms with van der Waals surface area (Å²) in [5.41, 5.74) is 9.89. The van der Waals surface area contributed by atoms with E-state index in [0.29, 0.717) is 0 Å². The topological polar surface area (TPSA) is 19.6 Å². The van der Waals surface area contributed by atoms with Crippen LogP contribution in [0.25, 0.3) is 22.3 Å². The second-order valence-electron chi connectivity index (χ2n) is 7.54. The number of benzene rings is 2. The Kier molecular flexibility index (Phi) is 6.68. The molecule has 0 spiro atoms. The van der Waals surface area contributed by atoms with Gasteiger partial charge < -0.3 is 14.2 Å². The lowest BCUT2D eigenvalue weighted by atomic mass is 9.93. The van der Waals surface area contributed by atoms with Crippen LogP contribution < -0.4 is 9.80 Å². The maximum atomic E-state index is 5.68. The average Bonchev–Trinajstić information content (AvgIpc) is 3.19. The van der Waals surface area contributed by atoms with Gasteiger partial charge in [0.1, 0.15) is 0 Å². The number of furan rings is 1. The van der Waals surface area contributed by atoms with Gasteiger partial charge >= 0.3 is 0 Å². The molecular formula is C26H34N2O. The van der Waals surface area contributed by atoms with Gasteiger partial charge in [-0.15, -0.1) is 0 Å². The van der Waals surface area contributed by atoms with Gasteiger partial charge in [-0.1, -0.05) is 12.1 Å². The predicted molar refractivity (Wildman–Crippen MR) is 126 cm³/mol. The SMILES string of the molecule is CCN(CC)c1ccc(-c2cocc2-c2ccc(N(CC)CC)cc2C)c(C)c1. The molecule has 0 bridgehead atoms. The third kappa shape index (κ3) is 4.19. The van der Waals surface area contributed by atoms with Gasteiger partial charge in [0.15, 0.2) is 0 Å². The number of anilines is 2. The zero-order chi connectivity index (χ0) is 21.0. The van der Waals surface area contributed by atoms with Crippen molar-refractivity contribution in [2.75, 3.05) is 36.0 Å². The van der Waals surface area contributed by atoms with Gasteiger partial charge in [0.25, 0.3) is 0 Å². The molecule has 0 amide bonds. The van der Waals surface area contributed by atoms with E-state index in [0.717, 1.165) is 37.3 Å². The molecule has 0 atom stereocenters. The first-order valence-corrected chi connectivity index (χ1v) is 10.8. The van der Waals surface area contributed by atoms with Crippen molar-refractivity contribution in [1.82, 2.24) is 0 Å². The van der Waals surface area contributed by atoms with Gasteiger partial charge in [-0.05, 0) is 88.1 Å². The molecule has 0 unspecified atom stereocenters. The van der Waals surface area contributed by atoms with E-state index in [2.05, 4.69) is 87.7 Å². The highest BCUT2D eigenvalue weighted by Crippen LogP contribution is 2.38. The van der Waals surface area contributed by atoms with Crippen molar-refractivity contribution >= 4 is 11.4 Å². The normalized spacial score (nSPS) is 11.0. The molecule has 1 aromatic heterocycles. The molecule has 0 saturated heterocycles. The van der Waals surface area contributed by atoms with E-state index >= 15 is 0 Å². The van der Waals surface area contributed by atoms with E-state index in [1.807, 2.05) is 12.5 Å². The zero-order valence-corrected chi connectivity index (χ0v) is 18.7. The fourth-order valence-electron chi connectivity index (χ4n) is 4.19. The molecule has 29 heavy (non-hydrogen) atoms.